The third kappa shape index (κ3) is 8.08. The highest BCUT2D eigenvalue weighted by Crippen LogP contribution is 2.27. The summed E-state index contributed by atoms with van der Waals surface area (Å²) < 4.78 is 57.4. The number of anilines is 1. The molecule has 0 saturated carbocycles. The first kappa shape index (κ1) is 32.3. The van der Waals surface area contributed by atoms with Crippen molar-refractivity contribution in [2.75, 3.05) is 10.8 Å². The van der Waals surface area contributed by atoms with Gasteiger partial charge in [0.2, 0.25) is 11.8 Å². The number of para-hydroxylation sites is 1. The number of benzene rings is 4. The SMILES string of the molecule is CC[C@H](C)NC(=O)[C@@H](Cc1ccccc1)N(Cc1ccc(F)cc1)C(=O)CN(c1ccccc1F)S(=O)(=O)c1ccccc1. The number of carbonyl (C=O) groups excluding carboxylic acids is 2. The molecule has 4 aromatic carbocycles. The molecule has 0 fully saturated rings. The highest BCUT2D eigenvalue weighted by molar-refractivity contribution is 7.92. The molecular weight excluding hydrogens is 584 g/mol. The maximum Gasteiger partial charge on any atom is 0.264 e. The average Bonchev–Trinajstić information content (AvgIpc) is 3.03. The van der Waals surface area contributed by atoms with Gasteiger partial charge in [0.15, 0.2) is 0 Å². The minimum atomic E-state index is -4.42. The van der Waals surface area contributed by atoms with Crippen molar-refractivity contribution in [2.24, 2.45) is 0 Å². The zero-order valence-corrected chi connectivity index (χ0v) is 25.4. The summed E-state index contributed by atoms with van der Waals surface area (Å²) in [6, 6.07) is 26.1. The molecule has 0 radical (unpaired) electrons. The third-order valence-electron chi connectivity index (χ3n) is 7.27. The van der Waals surface area contributed by atoms with E-state index in [1.54, 1.807) is 6.07 Å². The molecule has 2 amide bonds. The van der Waals surface area contributed by atoms with Crippen LogP contribution in [0.3, 0.4) is 0 Å². The summed E-state index contributed by atoms with van der Waals surface area (Å²) in [5.41, 5.74) is 0.990. The Labute approximate surface area is 257 Å². The Balaban J connectivity index is 1.81. The molecule has 0 bridgehead atoms. The van der Waals surface area contributed by atoms with Gasteiger partial charge in [0.25, 0.3) is 10.0 Å². The van der Waals surface area contributed by atoms with Crippen molar-refractivity contribution in [3.8, 4) is 0 Å². The second-order valence-corrected chi connectivity index (χ2v) is 12.3. The van der Waals surface area contributed by atoms with Gasteiger partial charge in [0.05, 0.1) is 10.6 Å². The van der Waals surface area contributed by atoms with Gasteiger partial charge in [0.1, 0.15) is 24.2 Å². The minimum absolute atomic E-state index is 0.124. The van der Waals surface area contributed by atoms with Crippen LogP contribution in [0.15, 0.2) is 114 Å². The van der Waals surface area contributed by atoms with E-state index in [1.807, 2.05) is 44.2 Å². The van der Waals surface area contributed by atoms with Crippen molar-refractivity contribution in [1.29, 1.82) is 0 Å². The van der Waals surface area contributed by atoms with Crippen LogP contribution in [0.25, 0.3) is 0 Å². The molecule has 0 unspecified atom stereocenters. The van der Waals surface area contributed by atoms with Crippen LogP contribution < -0.4 is 9.62 Å². The van der Waals surface area contributed by atoms with Crippen LogP contribution in [-0.2, 0) is 32.6 Å². The maximum atomic E-state index is 15.1. The van der Waals surface area contributed by atoms with Gasteiger partial charge in [-0.05, 0) is 60.9 Å². The first-order valence-corrected chi connectivity index (χ1v) is 15.7. The molecule has 0 aliphatic rings. The lowest BCUT2D eigenvalue weighted by atomic mass is 10.0. The van der Waals surface area contributed by atoms with E-state index in [4.69, 9.17) is 0 Å². The topological polar surface area (TPSA) is 86.8 Å². The number of carbonyl (C=O) groups is 2. The fourth-order valence-corrected chi connectivity index (χ4v) is 6.11. The van der Waals surface area contributed by atoms with Gasteiger partial charge >= 0.3 is 0 Å². The molecule has 0 spiro atoms. The summed E-state index contributed by atoms with van der Waals surface area (Å²) in [6.07, 6.45) is 0.771. The molecule has 2 atom stereocenters. The van der Waals surface area contributed by atoms with Gasteiger partial charge in [-0.3, -0.25) is 13.9 Å². The fraction of sp³-hybridized carbons (Fsp3) is 0.235. The Morgan fingerprint density at radius 2 is 1.39 bits per heavy atom. The number of amides is 2. The highest BCUT2D eigenvalue weighted by Gasteiger charge is 2.35. The van der Waals surface area contributed by atoms with E-state index < -0.39 is 46.1 Å². The Morgan fingerprint density at radius 3 is 2.00 bits per heavy atom. The molecular formula is C34H35F2N3O4S. The quantitative estimate of drug-likeness (QED) is 0.208. The van der Waals surface area contributed by atoms with Gasteiger partial charge in [0, 0.05) is 19.0 Å². The first-order chi connectivity index (χ1) is 21.1. The van der Waals surface area contributed by atoms with Crippen molar-refractivity contribution in [3.05, 3.63) is 132 Å². The molecule has 0 heterocycles. The number of hydrogen-bond acceptors (Lipinski definition) is 4. The zero-order valence-electron chi connectivity index (χ0n) is 24.6. The Morgan fingerprint density at radius 1 is 0.795 bits per heavy atom. The van der Waals surface area contributed by atoms with E-state index in [0.717, 1.165) is 15.9 Å². The number of nitrogens with zero attached hydrogens (tertiary/aromatic N) is 2. The van der Waals surface area contributed by atoms with Gasteiger partial charge in [-0.25, -0.2) is 17.2 Å². The molecule has 7 nitrogen and oxygen atoms in total. The lowest BCUT2D eigenvalue weighted by Gasteiger charge is -2.34. The zero-order chi connectivity index (χ0) is 31.7. The van der Waals surface area contributed by atoms with Crippen molar-refractivity contribution < 1.29 is 26.8 Å². The highest BCUT2D eigenvalue weighted by atomic mass is 32.2. The second kappa shape index (κ2) is 14.7. The summed E-state index contributed by atoms with van der Waals surface area (Å²) >= 11 is 0. The Kier molecular flexibility index (Phi) is 10.8. The van der Waals surface area contributed by atoms with Crippen LogP contribution in [0.4, 0.5) is 14.5 Å². The molecule has 44 heavy (non-hydrogen) atoms. The molecule has 230 valence electrons. The van der Waals surface area contributed by atoms with Crippen LogP contribution in [0.1, 0.15) is 31.4 Å². The molecule has 4 rings (SSSR count). The van der Waals surface area contributed by atoms with Crippen LogP contribution in [0.5, 0.6) is 0 Å². The van der Waals surface area contributed by atoms with Crippen molar-refractivity contribution >= 4 is 27.5 Å². The average molecular weight is 620 g/mol. The van der Waals surface area contributed by atoms with Crippen LogP contribution in [0.2, 0.25) is 0 Å². The Hall–Kier alpha value is -4.57. The predicted octanol–water partition coefficient (Wildman–Crippen LogP) is 5.71. The van der Waals surface area contributed by atoms with E-state index in [0.29, 0.717) is 12.0 Å². The second-order valence-electron chi connectivity index (χ2n) is 10.4. The van der Waals surface area contributed by atoms with Crippen LogP contribution in [0, 0.1) is 11.6 Å². The monoisotopic (exact) mass is 619 g/mol. The Bertz CT molecular complexity index is 1650. The van der Waals surface area contributed by atoms with E-state index in [9.17, 15) is 22.4 Å². The fourth-order valence-electron chi connectivity index (χ4n) is 4.67. The normalized spacial score (nSPS) is 12.6. The standard InChI is InChI=1S/C34H35F2N3O4S/c1-3-25(2)37-34(41)32(22-26-12-6-4-7-13-26)38(23-27-18-20-28(35)21-19-27)33(40)24-39(31-17-11-10-16-30(31)36)44(42,43)29-14-8-5-9-15-29/h4-21,25,32H,3,22-24H2,1-2H3,(H,37,41)/t25-,32+/m0/s1. The molecule has 4 aromatic rings. The number of sulfonamides is 1. The smallest absolute Gasteiger partial charge is 0.264 e. The van der Waals surface area contributed by atoms with Gasteiger partial charge in [-0.2, -0.15) is 0 Å². The largest absolute Gasteiger partial charge is 0.352 e. The van der Waals surface area contributed by atoms with Crippen molar-refractivity contribution in [1.82, 2.24) is 10.2 Å². The van der Waals surface area contributed by atoms with E-state index in [-0.39, 0.29) is 29.6 Å². The van der Waals surface area contributed by atoms with E-state index >= 15 is 4.39 Å². The molecule has 0 aromatic heterocycles. The first-order valence-electron chi connectivity index (χ1n) is 14.3. The lowest BCUT2D eigenvalue weighted by Crippen LogP contribution is -2.54. The third-order valence-corrected chi connectivity index (χ3v) is 9.04. The van der Waals surface area contributed by atoms with Crippen molar-refractivity contribution in [2.45, 2.75) is 50.2 Å². The maximum absolute atomic E-state index is 15.1. The van der Waals surface area contributed by atoms with Crippen LogP contribution in [-0.4, -0.2) is 43.8 Å². The number of rotatable bonds is 13. The molecule has 1 N–H and O–H groups in total. The number of nitrogens with one attached hydrogen (secondary N) is 1. The summed E-state index contributed by atoms with van der Waals surface area (Å²) in [5.74, 6) is -2.47. The van der Waals surface area contributed by atoms with Gasteiger partial charge in [-0.15, -0.1) is 0 Å². The van der Waals surface area contributed by atoms with Gasteiger partial charge < -0.3 is 10.2 Å². The minimum Gasteiger partial charge on any atom is -0.352 e. The van der Waals surface area contributed by atoms with E-state index in [1.165, 1.54) is 71.6 Å². The van der Waals surface area contributed by atoms with Crippen molar-refractivity contribution in [3.63, 3.8) is 0 Å². The predicted molar refractivity (Wildman–Crippen MR) is 166 cm³/mol. The van der Waals surface area contributed by atoms with Crippen LogP contribution >= 0.6 is 0 Å². The lowest BCUT2D eigenvalue weighted by molar-refractivity contribution is -0.140. The summed E-state index contributed by atoms with van der Waals surface area (Å²) in [4.78, 5) is 29.3. The number of halogens is 2. The molecule has 0 aliphatic heterocycles. The molecule has 0 aliphatic carbocycles. The summed E-state index contributed by atoms with van der Waals surface area (Å²) in [6.45, 7) is 2.84. The number of hydrogen-bond donors (Lipinski definition) is 1. The molecule has 0 saturated heterocycles. The summed E-state index contributed by atoms with van der Waals surface area (Å²) in [5, 5.41) is 2.95. The molecule has 10 heteroatoms. The van der Waals surface area contributed by atoms with E-state index in [2.05, 4.69) is 5.32 Å². The van der Waals surface area contributed by atoms with Gasteiger partial charge in [-0.1, -0.05) is 79.7 Å². The summed E-state index contributed by atoms with van der Waals surface area (Å²) in [7, 11) is -4.42.